The van der Waals surface area contributed by atoms with E-state index in [4.69, 9.17) is 9.47 Å². The minimum Gasteiger partial charge on any atom is -0.490 e. The van der Waals surface area contributed by atoms with Gasteiger partial charge < -0.3 is 24.7 Å². The summed E-state index contributed by atoms with van der Waals surface area (Å²) in [5.74, 6) is 2.99. The highest BCUT2D eigenvalue weighted by Gasteiger charge is 2.11. The normalized spacial score (nSPS) is 13.7. The molecule has 1 aliphatic heterocycles. The van der Waals surface area contributed by atoms with Gasteiger partial charge >= 0.3 is 0 Å². The zero-order chi connectivity index (χ0) is 16.1. The first-order valence-corrected chi connectivity index (χ1v) is 7.46. The lowest BCUT2D eigenvalue weighted by atomic mass is 10.3. The minimum atomic E-state index is 0. The summed E-state index contributed by atoms with van der Waals surface area (Å²) in [5, 5.41) is 14.3. The van der Waals surface area contributed by atoms with Gasteiger partial charge in [-0.2, -0.15) is 0 Å². The molecule has 8 nitrogen and oxygen atoms in total. The van der Waals surface area contributed by atoms with Crippen LogP contribution in [-0.4, -0.2) is 41.0 Å². The molecule has 3 rings (SSSR count). The van der Waals surface area contributed by atoms with Crippen LogP contribution in [-0.2, 0) is 13.6 Å². The van der Waals surface area contributed by atoms with E-state index in [1.54, 1.807) is 13.4 Å². The van der Waals surface area contributed by atoms with Crippen LogP contribution in [0.5, 0.6) is 11.5 Å². The second kappa shape index (κ2) is 8.71. The number of rotatable bonds is 3. The number of aliphatic imine (C=N–C) groups is 1. The predicted molar refractivity (Wildman–Crippen MR) is 102 cm³/mol. The van der Waals surface area contributed by atoms with Crippen LogP contribution in [0.4, 0.5) is 5.69 Å². The molecule has 0 bridgehead atoms. The van der Waals surface area contributed by atoms with E-state index in [2.05, 4.69) is 25.8 Å². The number of ether oxygens (including phenoxy) is 2. The van der Waals surface area contributed by atoms with Crippen molar-refractivity contribution in [2.45, 2.75) is 13.0 Å². The van der Waals surface area contributed by atoms with Gasteiger partial charge in [0.15, 0.2) is 23.3 Å². The smallest absolute Gasteiger partial charge is 0.195 e. The molecule has 0 amide bonds. The number of aromatic nitrogens is 3. The highest BCUT2D eigenvalue weighted by Crippen LogP contribution is 2.32. The number of aryl methyl sites for hydroxylation is 1. The van der Waals surface area contributed by atoms with Gasteiger partial charge in [-0.05, 0) is 12.1 Å². The molecule has 2 N–H and O–H groups in total. The average Bonchev–Trinajstić information content (AvgIpc) is 2.83. The van der Waals surface area contributed by atoms with E-state index in [9.17, 15) is 0 Å². The molecule has 0 radical (unpaired) electrons. The number of guanidine groups is 1. The monoisotopic (exact) mass is 444 g/mol. The Morgan fingerprint density at radius 3 is 2.79 bits per heavy atom. The number of fused-ring (bicyclic) bond motifs is 1. The van der Waals surface area contributed by atoms with Crippen molar-refractivity contribution < 1.29 is 9.47 Å². The first kappa shape index (κ1) is 18.3. The second-order valence-electron chi connectivity index (χ2n) is 5.12. The number of benzene rings is 1. The zero-order valence-corrected chi connectivity index (χ0v) is 16.0. The van der Waals surface area contributed by atoms with Gasteiger partial charge in [0.2, 0.25) is 0 Å². The summed E-state index contributed by atoms with van der Waals surface area (Å²) in [5.41, 5.74) is 0.875. The predicted octanol–water partition coefficient (Wildman–Crippen LogP) is 1.78. The summed E-state index contributed by atoms with van der Waals surface area (Å²) < 4.78 is 13.2. The first-order chi connectivity index (χ1) is 11.3. The number of nitrogens with one attached hydrogen (secondary N) is 2. The highest BCUT2D eigenvalue weighted by molar-refractivity contribution is 14.0. The molecule has 0 fully saturated rings. The van der Waals surface area contributed by atoms with Gasteiger partial charge in [-0.1, -0.05) is 0 Å². The third-order valence-corrected chi connectivity index (χ3v) is 3.45. The Balaban J connectivity index is 0.00000208. The topological polar surface area (TPSA) is 85.6 Å². The van der Waals surface area contributed by atoms with Gasteiger partial charge in [0.05, 0.1) is 19.8 Å². The van der Waals surface area contributed by atoms with Crippen LogP contribution in [0.3, 0.4) is 0 Å². The van der Waals surface area contributed by atoms with Crippen molar-refractivity contribution in [1.29, 1.82) is 0 Å². The third-order valence-electron chi connectivity index (χ3n) is 3.45. The lowest BCUT2D eigenvalue weighted by Crippen LogP contribution is -2.31. The van der Waals surface area contributed by atoms with Gasteiger partial charge in [0, 0.05) is 32.3 Å². The van der Waals surface area contributed by atoms with E-state index in [-0.39, 0.29) is 24.0 Å². The van der Waals surface area contributed by atoms with Crippen LogP contribution < -0.4 is 20.1 Å². The van der Waals surface area contributed by atoms with Crippen molar-refractivity contribution in [2.24, 2.45) is 12.0 Å². The Morgan fingerprint density at radius 2 is 2.08 bits per heavy atom. The molecular formula is C15H21IN6O2. The van der Waals surface area contributed by atoms with Crippen LogP contribution in [0, 0.1) is 0 Å². The summed E-state index contributed by atoms with van der Waals surface area (Å²) in [7, 11) is 3.62. The van der Waals surface area contributed by atoms with Crippen LogP contribution in [0.2, 0.25) is 0 Å². The number of hydrogen-bond donors (Lipinski definition) is 2. The van der Waals surface area contributed by atoms with Crippen LogP contribution in [0.1, 0.15) is 12.2 Å². The van der Waals surface area contributed by atoms with Crippen molar-refractivity contribution in [2.75, 3.05) is 25.6 Å². The largest absolute Gasteiger partial charge is 0.490 e. The molecule has 2 heterocycles. The van der Waals surface area contributed by atoms with Gasteiger partial charge in [-0.15, -0.1) is 34.2 Å². The van der Waals surface area contributed by atoms with E-state index >= 15 is 0 Å². The second-order valence-corrected chi connectivity index (χ2v) is 5.12. The van der Waals surface area contributed by atoms with Gasteiger partial charge in [0.25, 0.3) is 0 Å². The van der Waals surface area contributed by atoms with E-state index in [0.29, 0.717) is 25.7 Å². The Labute approximate surface area is 157 Å². The SMILES string of the molecule is CN=C(NCc1nncn1C)Nc1ccc2c(c1)OCCCO2.I. The van der Waals surface area contributed by atoms with Crippen molar-refractivity contribution in [3.8, 4) is 11.5 Å². The van der Waals surface area contributed by atoms with Gasteiger partial charge in [-0.3, -0.25) is 4.99 Å². The fourth-order valence-corrected chi connectivity index (χ4v) is 2.19. The average molecular weight is 444 g/mol. The Hall–Kier alpha value is -2.04. The molecule has 0 saturated heterocycles. The van der Waals surface area contributed by atoms with E-state index in [1.165, 1.54) is 0 Å². The van der Waals surface area contributed by atoms with E-state index in [0.717, 1.165) is 29.4 Å². The summed E-state index contributed by atoms with van der Waals surface area (Å²) in [6, 6.07) is 5.75. The quantitative estimate of drug-likeness (QED) is 0.427. The summed E-state index contributed by atoms with van der Waals surface area (Å²) in [6.07, 6.45) is 2.55. The molecule has 9 heteroatoms. The number of hydrogen-bond acceptors (Lipinski definition) is 5. The lowest BCUT2D eigenvalue weighted by molar-refractivity contribution is 0.297. The molecule has 0 saturated carbocycles. The lowest BCUT2D eigenvalue weighted by Gasteiger charge is -2.13. The van der Waals surface area contributed by atoms with Crippen LogP contribution in [0.25, 0.3) is 0 Å². The molecule has 0 aliphatic carbocycles. The fraction of sp³-hybridized carbons (Fsp3) is 0.400. The number of nitrogens with zero attached hydrogens (tertiary/aromatic N) is 4. The minimum absolute atomic E-state index is 0. The third kappa shape index (κ3) is 4.49. The Kier molecular flexibility index (Phi) is 6.64. The molecule has 1 aromatic heterocycles. The molecular weight excluding hydrogens is 423 g/mol. The van der Waals surface area contributed by atoms with E-state index in [1.807, 2.05) is 29.8 Å². The maximum atomic E-state index is 5.69. The molecule has 1 aromatic carbocycles. The van der Waals surface area contributed by atoms with Gasteiger partial charge in [-0.25, -0.2) is 0 Å². The maximum absolute atomic E-state index is 5.69. The van der Waals surface area contributed by atoms with Crippen molar-refractivity contribution >= 4 is 35.6 Å². The standard InChI is InChI=1S/C15H20N6O2.HI/c1-16-15(17-9-14-20-18-10-21(14)2)19-11-4-5-12-13(8-11)23-7-3-6-22-12;/h4-5,8,10H,3,6-7,9H2,1-2H3,(H2,16,17,19);1H. The molecule has 0 spiro atoms. The highest BCUT2D eigenvalue weighted by atomic mass is 127. The van der Waals surface area contributed by atoms with Crippen molar-refractivity contribution in [1.82, 2.24) is 20.1 Å². The maximum Gasteiger partial charge on any atom is 0.195 e. The molecule has 2 aromatic rings. The van der Waals surface area contributed by atoms with Crippen LogP contribution in [0.15, 0.2) is 29.5 Å². The summed E-state index contributed by atoms with van der Waals surface area (Å²) >= 11 is 0. The van der Waals surface area contributed by atoms with Gasteiger partial charge in [0.1, 0.15) is 6.33 Å². The summed E-state index contributed by atoms with van der Waals surface area (Å²) in [6.45, 7) is 1.87. The molecule has 24 heavy (non-hydrogen) atoms. The van der Waals surface area contributed by atoms with Crippen molar-refractivity contribution in [3.05, 3.63) is 30.4 Å². The Morgan fingerprint density at radius 1 is 1.29 bits per heavy atom. The number of anilines is 1. The first-order valence-electron chi connectivity index (χ1n) is 7.46. The van der Waals surface area contributed by atoms with Crippen LogP contribution >= 0.6 is 24.0 Å². The summed E-state index contributed by atoms with van der Waals surface area (Å²) in [4.78, 5) is 4.21. The van der Waals surface area contributed by atoms with E-state index < -0.39 is 0 Å². The van der Waals surface area contributed by atoms with Crippen molar-refractivity contribution in [3.63, 3.8) is 0 Å². The fourth-order valence-electron chi connectivity index (χ4n) is 2.19. The molecule has 0 unspecified atom stereocenters. The molecule has 0 atom stereocenters. The zero-order valence-electron chi connectivity index (χ0n) is 13.7. The number of halogens is 1. The Bertz CT molecular complexity index is 703. The molecule has 1 aliphatic rings. The molecule has 130 valence electrons.